The highest BCUT2D eigenvalue weighted by Crippen LogP contribution is 2.32. The van der Waals surface area contributed by atoms with Crippen molar-refractivity contribution < 1.29 is 4.74 Å². The third-order valence-corrected chi connectivity index (χ3v) is 5.28. The van der Waals surface area contributed by atoms with E-state index < -0.39 is 0 Å². The maximum absolute atomic E-state index is 6.37. The fraction of sp³-hybridized carbons (Fsp3) is 0.136. The van der Waals surface area contributed by atoms with Crippen LogP contribution in [0.5, 0.6) is 0 Å². The van der Waals surface area contributed by atoms with Crippen LogP contribution in [-0.2, 0) is 11.3 Å². The maximum Gasteiger partial charge on any atom is 0.227 e. The highest BCUT2D eigenvalue weighted by molar-refractivity contribution is 6.35. The van der Waals surface area contributed by atoms with Crippen molar-refractivity contribution in [1.29, 1.82) is 0 Å². The first kappa shape index (κ1) is 19.9. The molecule has 0 spiro atoms. The van der Waals surface area contributed by atoms with Crippen molar-refractivity contribution in [2.24, 2.45) is 5.10 Å². The average Bonchev–Trinajstić information content (AvgIpc) is 3.12. The van der Waals surface area contributed by atoms with E-state index in [0.717, 1.165) is 16.8 Å². The van der Waals surface area contributed by atoms with Gasteiger partial charge in [0.1, 0.15) is 0 Å². The van der Waals surface area contributed by atoms with Crippen molar-refractivity contribution in [3.63, 3.8) is 0 Å². The number of hydrogen-bond acceptors (Lipinski definition) is 4. The quantitative estimate of drug-likeness (QED) is 0.463. The van der Waals surface area contributed by atoms with Gasteiger partial charge in [-0.2, -0.15) is 0 Å². The summed E-state index contributed by atoms with van der Waals surface area (Å²) in [4.78, 5) is 0. The molecule has 1 atom stereocenters. The summed E-state index contributed by atoms with van der Waals surface area (Å²) in [6.45, 7) is 0.935. The highest BCUT2D eigenvalue weighted by Gasteiger charge is 2.29. The van der Waals surface area contributed by atoms with Crippen LogP contribution in [0, 0.1) is 0 Å². The number of nitrogens with zero attached hydrogens (tertiary/aromatic N) is 2. The van der Waals surface area contributed by atoms with Gasteiger partial charge in [-0.3, -0.25) is 0 Å². The molecule has 0 aromatic heterocycles. The van der Waals surface area contributed by atoms with Crippen LogP contribution in [-0.4, -0.2) is 17.5 Å². The Kier molecular flexibility index (Phi) is 6.14. The standard InChI is InChI=1S/C22H18Cl3N3O/c23-17-7-4-8-19(11-17)26-13-21-27-28(14-16-9-10-18(24)12-20(16)25)22(29-21)15-5-2-1-3-6-15/h1-12,22,26H,13-14H2. The van der Waals surface area contributed by atoms with Crippen LogP contribution in [0.2, 0.25) is 15.1 Å². The zero-order valence-electron chi connectivity index (χ0n) is 15.4. The number of halogens is 3. The summed E-state index contributed by atoms with van der Waals surface area (Å²) >= 11 is 18.4. The molecule has 3 aromatic rings. The summed E-state index contributed by atoms with van der Waals surface area (Å²) in [6, 6.07) is 23.0. The zero-order valence-corrected chi connectivity index (χ0v) is 17.6. The Hall–Kier alpha value is -2.40. The fourth-order valence-corrected chi connectivity index (χ4v) is 3.72. The first-order valence-electron chi connectivity index (χ1n) is 9.07. The summed E-state index contributed by atoms with van der Waals surface area (Å²) in [5.41, 5.74) is 2.84. The molecule has 0 amide bonds. The van der Waals surface area contributed by atoms with E-state index in [1.54, 1.807) is 6.07 Å². The van der Waals surface area contributed by atoms with Crippen LogP contribution in [0.3, 0.4) is 0 Å². The minimum atomic E-state index is -0.334. The van der Waals surface area contributed by atoms with Gasteiger partial charge in [0.05, 0.1) is 13.1 Å². The molecule has 4 nitrogen and oxygen atoms in total. The lowest BCUT2D eigenvalue weighted by Gasteiger charge is -2.23. The molecule has 0 saturated carbocycles. The van der Waals surface area contributed by atoms with E-state index in [-0.39, 0.29) is 6.23 Å². The van der Waals surface area contributed by atoms with Gasteiger partial charge >= 0.3 is 0 Å². The summed E-state index contributed by atoms with van der Waals surface area (Å²) in [6.07, 6.45) is -0.334. The van der Waals surface area contributed by atoms with E-state index in [1.165, 1.54) is 0 Å². The predicted molar refractivity (Wildman–Crippen MR) is 120 cm³/mol. The normalized spacial score (nSPS) is 15.8. The number of hydrogen-bond donors (Lipinski definition) is 1. The zero-order chi connectivity index (χ0) is 20.2. The van der Waals surface area contributed by atoms with Crippen LogP contribution >= 0.6 is 34.8 Å². The summed E-state index contributed by atoms with van der Waals surface area (Å²) in [7, 11) is 0. The SMILES string of the molecule is Clc1cccc(NCC2=NN(Cc3ccc(Cl)cc3Cl)C(c3ccccc3)O2)c1. The lowest BCUT2D eigenvalue weighted by molar-refractivity contribution is 0.0493. The molecule has 0 aliphatic carbocycles. The van der Waals surface area contributed by atoms with Gasteiger partial charge < -0.3 is 10.1 Å². The number of benzene rings is 3. The monoisotopic (exact) mass is 445 g/mol. The molecular weight excluding hydrogens is 429 g/mol. The molecule has 148 valence electrons. The number of rotatable bonds is 6. The molecule has 4 rings (SSSR count). The van der Waals surface area contributed by atoms with Gasteiger partial charge in [0.2, 0.25) is 12.1 Å². The fourth-order valence-electron chi connectivity index (χ4n) is 3.06. The molecule has 0 bridgehead atoms. The Bertz CT molecular complexity index is 1030. The van der Waals surface area contributed by atoms with Crippen LogP contribution < -0.4 is 5.32 Å². The smallest absolute Gasteiger partial charge is 0.227 e. The maximum atomic E-state index is 6.37. The third-order valence-electron chi connectivity index (χ3n) is 4.46. The molecule has 0 fully saturated rings. The molecule has 1 aliphatic rings. The number of nitrogens with one attached hydrogen (secondary N) is 1. The minimum Gasteiger partial charge on any atom is -0.448 e. The predicted octanol–water partition coefficient (Wildman–Crippen LogP) is 6.60. The van der Waals surface area contributed by atoms with E-state index in [4.69, 9.17) is 39.5 Å². The van der Waals surface area contributed by atoms with Crippen molar-refractivity contribution in [2.75, 3.05) is 11.9 Å². The largest absolute Gasteiger partial charge is 0.448 e. The molecule has 29 heavy (non-hydrogen) atoms. The van der Waals surface area contributed by atoms with Crippen LogP contribution in [0.4, 0.5) is 5.69 Å². The summed E-state index contributed by atoms with van der Waals surface area (Å²) in [5.74, 6) is 0.587. The Morgan fingerprint density at radius 2 is 1.69 bits per heavy atom. The van der Waals surface area contributed by atoms with E-state index in [0.29, 0.717) is 34.1 Å². The lowest BCUT2D eigenvalue weighted by atomic mass is 10.1. The second kappa shape index (κ2) is 8.95. The van der Waals surface area contributed by atoms with Crippen LogP contribution in [0.15, 0.2) is 77.9 Å². The lowest BCUT2D eigenvalue weighted by Crippen LogP contribution is -2.21. The molecule has 1 unspecified atom stereocenters. The first-order valence-corrected chi connectivity index (χ1v) is 10.2. The van der Waals surface area contributed by atoms with Gasteiger partial charge in [0, 0.05) is 26.3 Å². The second-order valence-electron chi connectivity index (χ2n) is 6.57. The van der Waals surface area contributed by atoms with Crippen molar-refractivity contribution in [2.45, 2.75) is 12.8 Å². The topological polar surface area (TPSA) is 36.9 Å². The van der Waals surface area contributed by atoms with Gasteiger partial charge in [-0.1, -0.05) is 77.3 Å². The average molecular weight is 447 g/mol. The molecule has 0 saturated heterocycles. The van der Waals surface area contributed by atoms with Crippen molar-refractivity contribution in [3.05, 3.63) is 99.0 Å². The summed E-state index contributed by atoms with van der Waals surface area (Å²) < 4.78 is 6.16. The van der Waals surface area contributed by atoms with E-state index in [1.807, 2.05) is 71.7 Å². The van der Waals surface area contributed by atoms with Crippen molar-refractivity contribution >= 4 is 46.4 Å². The van der Waals surface area contributed by atoms with Gasteiger partial charge in [-0.25, -0.2) is 5.01 Å². The molecule has 1 aliphatic heterocycles. The Balaban J connectivity index is 1.54. The van der Waals surface area contributed by atoms with E-state index >= 15 is 0 Å². The number of anilines is 1. The van der Waals surface area contributed by atoms with E-state index in [9.17, 15) is 0 Å². The van der Waals surface area contributed by atoms with Crippen LogP contribution in [0.1, 0.15) is 17.4 Å². The number of ether oxygens (including phenoxy) is 1. The van der Waals surface area contributed by atoms with Crippen molar-refractivity contribution in [3.8, 4) is 0 Å². The summed E-state index contributed by atoms with van der Waals surface area (Å²) in [5, 5.41) is 11.7. The van der Waals surface area contributed by atoms with Crippen molar-refractivity contribution in [1.82, 2.24) is 5.01 Å². The molecule has 1 heterocycles. The first-order chi connectivity index (χ1) is 14.1. The molecule has 0 radical (unpaired) electrons. The van der Waals surface area contributed by atoms with Gasteiger partial charge in [-0.05, 0) is 35.9 Å². The number of hydrazone groups is 1. The van der Waals surface area contributed by atoms with Gasteiger partial charge in [0.15, 0.2) is 0 Å². The minimum absolute atomic E-state index is 0.334. The Labute approximate surface area is 184 Å². The van der Waals surface area contributed by atoms with Crippen LogP contribution in [0.25, 0.3) is 0 Å². The second-order valence-corrected chi connectivity index (χ2v) is 7.85. The molecule has 1 N–H and O–H groups in total. The van der Waals surface area contributed by atoms with E-state index in [2.05, 4.69) is 10.4 Å². The molecule has 3 aromatic carbocycles. The Morgan fingerprint density at radius 3 is 2.45 bits per heavy atom. The molecular formula is C22H18Cl3N3O. The Morgan fingerprint density at radius 1 is 0.897 bits per heavy atom. The van der Waals surface area contributed by atoms with Gasteiger partial charge in [0.25, 0.3) is 0 Å². The van der Waals surface area contributed by atoms with Gasteiger partial charge in [-0.15, -0.1) is 5.10 Å². The molecule has 7 heteroatoms. The highest BCUT2D eigenvalue weighted by atomic mass is 35.5. The third kappa shape index (κ3) is 4.96.